The molecule has 21 heavy (non-hydrogen) atoms. The first kappa shape index (κ1) is 14.6. The average Bonchev–Trinajstić information content (AvgIpc) is 2.47. The van der Waals surface area contributed by atoms with Gasteiger partial charge in [-0.3, -0.25) is 19.9 Å². The maximum Gasteiger partial charge on any atom is 0.285 e. The number of carbonyl (C=O) groups is 1. The van der Waals surface area contributed by atoms with E-state index >= 15 is 0 Å². The Kier molecular flexibility index (Phi) is 4.27. The molecule has 0 radical (unpaired) electrons. The molecule has 0 bridgehead atoms. The van der Waals surface area contributed by atoms with Crippen molar-refractivity contribution in [1.82, 2.24) is 10.3 Å². The number of aromatic nitrogens is 1. The summed E-state index contributed by atoms with van der Waals surface area (Å²) in [7, 11) is 0. The van der Waals surface area contributed by atoms with Crippen molar-refractivity contribution < 1.29 is 9.72 Å². The Morgan fingerprint density at radius 3 is 2.67 bits per heavy atom. The van der Waals surface area contributed by atoms with Crippen LogP contribution in [0.2, 0.25) is 0 Å². The number of rotatable bonds is 4. The number of amides is 1. The van der Waals surface area contributed by atoms with Crippen LogP contribution in [0.4, 0.5) is 5.69 Å². The van der Waals surface area contributed by atoms with E-state index in [-0.39, 0.29) is 17.3 Å². The lowest BCUT2D eigenvalue weighted by atomic mass is 10.1. The van der Waals surface area contributed by atoms with E-state index in [4.69, 9.17) is 0 Å². The van der Waals surface area contributed by atoms with Gasteiger partial charge in [-0.2, -0.15) is 0 Å². The van der Waals surface area contributed by atoms with Crippen LogP contribution in [0.5, 0.6) is 0 Å². The topological polar surface area (TPSA) is 85.1 Å². The zero-order valence-electron chi connectivity index (χ0n) is 11.7. The predicted octanol–water partition coefficient (Wildman–Crippen LogP) is 2.79. The molecule has 1 N–H and O–H groups in total. The van der Waals surface area contributed by atoms with E-state index < -0.39 is 10.8 Å². The molecule has 1 unspecified atom stereocenters. The molecule has 1 atom stereocenters. The van der Waals surface area contributed by atoms with E-state index in [1.54, 1.807) is 44.3 Å². The van der Waals surface area contributed by atoms with Gasteiger partial charge in [-0.25, -0.2) is 0 Å². The number of nitro groups is 1. The summed E-state index contributed by atoms with van der Waals surface area (Å²) in [6.45, 7) is 3.39. The normalized spacial score (nSPS) is 11.7. The van der Waals surface area contributed by atoms with Gasteiger partial charge in [-0.15, -0.1) is 0 Å². The van der Waals surface area contributed by atoms with E-state index in [1.807, 2.05) is 6.07 Å². The highest BCUT2D eigenvalue weighted by molar-refractivity contribution is 5.98. The van der Waals surface area contributed by atoms with Crippen molar-refractivity contribution >= 4 is 11.6 Å². The first-order valence-corrected chi connectivity index (χ1v) is 6.46. The molecular weight excluding hydrogens is 270 g/mol. The summed E-state index contributed by atoms with van der Waals surface area (Å²) in [5.74, 6) is -0.483. The Hall–Kier alpha value is -2.76. The van der Waals surface area contributed by atoms with Gasteiger partial charge in [0.15, 0.2) is 0 Å². The number of hydrogen-bond acceptors (Lipinski definition) is 4. The summed E-state index contributed by atoms with van der Waals surface area (Å²) >= 11 is 0. The number of hydrogen-bond donors (Lipinski definition) is 1. The third-order valence-corrected chi connectivity index (χ3v) is 3.14. The van der Waals surface area contributed by atoms with E-state index in [0.717, 1.165) is 0 Å². The second-order valence-electron chi connectivity index (χ2n) is 4.68. The van der Waals surface area contributed by atoms with Gasteiger partial charge < -0.3 is 5.32 Å². The smallest absolute Gasteiger partial charge is 0.285 e. The minimum absolute atomic E-state index is 0.0581. The average molecular weight is 285 g/mol. The Balaban J connectivity index is 2.26. The fourth-order valence-electron chi connectivity index (χ4n) is 2.06. The first-order valence-electron chi connectivity index (χ1n) is 6.46. The predicted molar refractivity (Wildman–Crippen MR) is 78.0 cm³/mol. The van der Waals surface area contributed by atoms with Gasteiger partial charge in [0, 0.05) is 11.8 Å². The molecule has 1 aromatic carbocycles. The van der Waals surface area contributed by atoms with Crippen molar-refractivity contribution in [1.29, 1.82) is 0 Å². The molecule has 2 rings (SSSR count). The maximum atomic E-state index is 12.3. The number of nitrogens with one attached hydrogen (secondary N) is 1. The van der Waals surface area contributed by atoms with Crippen LogP contribution in [0.25, 0.3) is 0 Å². The molecule has 0 saturated heterocycles. The van der Waals surface area contributed by atoms with Gasteiger partial charge in [0.25, 0.3) is 11.6 Å². The SMILES string of the molecule is Cc1cccc(C(=O)NC(C)c2ccccn2)c1[N+](=O)[O-]. The molecule has 0 aliphatic heterocycles. The van der Waals surface area contributed by atoms with Crippen molar-refractivity contribution in [3.63, 3.8) is 0 Å². The summed E-state index contributed by atoms with van der Waals surface area (Å²) in [6.07, 6.45) is 1.63. The van der Waals surface area contributed by atoms with Crippen molar-refractivity contribution in [2.24, 2.45) is 0 Å². The van der Waals surface area contributed by atoms with E-state index in [9.17, 15) is 14.9 Å². The summed E-state index contributed by atoms with van der Waals surface area (Å²) in [4.78, 5) is 27.0. The van der Waals surface area contributed by atoms with Crippen LogP contribution in [-0.4, -0.2) is 15.8 Å². The van der Waals surface area contributed by atoms with Crippen LogP contribution in [0.15, 0.2) is 42.6 Å². The Labute approximate surface area is 122 Å². The molecular formula is C15H15N3O3. The monoisotopic (exact) mass is 285 g/mol. The van der Waals surface area contributed by atoms with Gasteiger partial charge in [-0.05, 0) is 32.0 Å². The van der Waals surface area contributed by atoms with Crippen LogP contribution in [0, 0.1) is 17.0 Å². The molecule has 6 heteroatoms. The van der Waals surface area contributed by atoms with Gasteiger partial charge in [0.05, 0.1) is 16.7 Å². The fraction of sp³-hybridized carbons (Fsp3) is 0.200. The Morgan fingerprint density at radius 2 is 2.05 bits per heavy atom. The van der Waals surface area contributed by atoms with E-state index in [2.05, 4.69) is 10.3 Å². The lowest BCUT2D eigenvalue weighted by Gasteiger charge is -2.13. The first-order chi connectivity index (χ1) is 10.0. The number of nitro benzene ring substituents is 1. The number of benzene rings is 1. The third kappa shape index (κ3) is 3.22. The molecule has 1 heterocycles. The fourth-order valence-corrected chi connectivity index (χ4v) is 2.06. The third-order valence-electron chi connectivity index (χ3n) is 3.14. The number of para-hydroxylation sites is 1. The molecule has 0 spiro atoms. The Morgan fingerprint density at radius 1 is 1.29 bits per heavy atom. The molecule has 0 fully saturated rings. The number of carbonyl (C=O) groups excluding carboxylic acids is 1. The molecule has 0 aliphatic carbocycles. The zero-order valence-corrected chi connectivity index (χ0v) is 11.7. The minimum atomic E-state index is -0.532. The number of pyridine rings is 1. The van der Waals surface area contributed by atoms with Crippen molar-refractivity contribution in [3.8, 4) is 0 Å². The second-order valence-corrected chi connectivity index (χ2v) is 4.68. The van der Waals surface area contributed by atoms with Crippen LogP contribution < -0.4 is 5.32 Å². The van der Waals surface area contributed by atoms with Gasteiger partial charge >= 0.3 is 0 Å². The van der Waals surface area contributed by atoms with Crippen LogP contribution in [0.3, 0.4) is 0 Å². The second kappa shape index (κ2) is 6.13. The van der Waals surface area contributed by atoms with Gasteiger partial charge in [0.1, 0.15) is 5.56 Å². The van der Waals surface area contributed by atoms with Gasteiger partial charge in [0.2, 0.25) is 0 Å². The quantitative estimate of drug-likeness (QED) is 0.691. The maximum absolute atomic E-state index is 12.3. The lowest BCUT2D eigenvalue weighted by molar-refractivity contribution is -0.385. The number of aryl methyl sites for hydroxylation is 1. The Bertz CT molecular complexity index is 671. The zero-order chi connectivity index (χ0) is 15.4. The van der Waals surface area contributed by atoms with Crippen molar-refractivity contribution in [3.05, 3.63) is 69.5 Å². The highest BCUT2D eigenvalue weighted by atomic mass is 16.6. The van der Waals surface area contributed by atoms with Gasteiger partial charge in [-0.1, -0.05) is 18.2 Å². The minimum Gasteiger partial charge on any atom is -0.344 e. The van der Waals surface area contributed by atoms with Crippen molar-refractivity contribution in [2.75, 3.05) is 0 Å². The lowest BCUT2D eigenvalue weighted by Crippen LogP contribution is -2.28. The summed E-state index contributed by atoms with van der Waals surface area (Å²) in [5.41, 5.74) is 1.05. The molecule has 2 aromatic rings. The van der Waals surface area contributed by atoms with Crippen LogP contribution >= 0.6 is 0 Å². The summed E-state index contributed by atoms with van der Waals surface area (Å²) < 4.78 is 0. The molecule has 108 valence electrons. The van der Waals surface area contributed by atoms with Crippen LogP contribution in [0.1, 0.15) is 34.6 Å². The molecule has 0 aliphatic rings. The molecule has 0 saturated carbocycles. The number of nitrogens with zero attached hydrogens (tertiary/aromatic N) is 2. The summed E-state index contributed by atoms with van der Waals surface area (Å²) in [5, 5.41) is 13.8. The van der Waals surface area contributed by atoms with E-state index in [1.165, 1.54) is 6.07 Å². The highest BCUT2D eigenvalue weighted by Gasteiger charge is 2.23. The highest BCUT2D eigenvalue weighted by Crippen LogP contribution is 2.23. The summed E-state index contributed by atoms with van der Waals surface area (Å²) in [6, 6.07) is 9.74. The van der Waals surface area contributed by atoms with E-state index in [0.29, 0.717) is 11.3 Å². The van der Waals surface area contributed by atoms with Crippen molar-refractivity contribution in [2.45, 2.75) is 19.9 Å². The largest absolute Gasteiger partial charge is 0.344 e. The molecule has 1 aromatic heterocycles. The standard InChI is InChI=1S/C15H15N3O3/c1-10-6-5-7-12(14(10)18(20)21)15(19)17-11(2)13-8-3-4-9-16-13/h3-9,11H,1-2H3,(H,17,19). The molecule has 6 nitrogen and oxygen atoms in total. The molecule has 1 amide bonds. The van der Waals surface area contributed by atoms with Crippen LogP contribution in [-0.2, 0) is 0 Å².